The molecule has 9 heteroatoms. The van der Waals surface area contributed by atoms with Crippen molar-refractivity contribution < 1.29 is 42.9 Å². The summed E-state index contributed by atoms with van der Waals surface area (Å²) < 4.78 is 20.2. The van der Waals surface area contributed by atoms with Gasteiger partial charge in [-0.05, 0) is 13.8 Å². The second-order valence-corrected chi connectivity index (χ2v) is 5.39. The van der Waals surface area contributed by atoms with Gasteiger partial charge in [0.25, 0.3) is 0 Å². The molecule has 0 bridgehead atoms. The smallest absolute Gasteiger partial charge is 0.304 e. The second-order valence-electron chi connectivity index (χ2n) is 5.39. The molecule has 0 aliphatic carbocycles. The van der Waals surface area contributed by atoms with Crippen molar-refractivity contribution in [2.24, 2.45) is 0 Å². The third-order valence-corrected chi connectivity index (χ3v) is 2.93. The topological polar surface area (TPSA) is 122 Å². The number of ether oxygens (including phenoxy) is 4. The normalized spacial score (nSPS) is 15.6. The summed E-state index contributed by atoms with van der Waals surface area (Å²) >= 11 is 0. The minimum Gasteiger partial charge on any atom is -0.454 e. The van der Waals surface area contributed by atoms with Gasteiger partial charge >= 0.3 is 23.9 Å². The Kier molecular flexibility index (Phi) is 9.05. The van der Waals surface area contributed by atoms with Crippen LogP contribution in [-0.4, -0.2) is 54.1 Å². The van der Waals surface area contributed by atoms with Gasteiger partial charge in [-0.15, -0.1) is 5.92 Å². The summed E-state index contributed by atoms with van der Waals surface area (Å²) in [5, 5.41) is 0. The lowest BCUT2D eigenvalue weighted by molar-refractivity contribution is -0.203. The molecule has 0 saturated heterocycles. The van der Waals surface area contributed by atoms with Gasteiger partial charge in [-0.1, -0.05) is 5.92 Å². The van der Waals surface area contributed by atoms with E-state index in [0.29, 0.717) is 0 Å². The van der Waals surface area contributed by atoms with Crippen molar-refractivity contribution in [1.82, 2.24) is 0 Å². The zero-order valence-corrected chi connectivity index (χ0v) is 15.5. The molecule has 4 atom stereocenters. The summed E-state index contributed by atoms with van der Waals surface area (Å²) in [5.41, 5.74) is -1.78. The van der Waals surface area contributed by atoms with Gasteiger partial charge in [0.15, 0.2) is 24.6 Å². The van der Waals surface area contributed by atoms with Crippen LogP contribution in [0.5, 0.6) is 0 Å². The van der Waals surface area contributed by atoms with E-state index in [1.165, 1.54) is 13.8 Å². The van der Waals surface area contributed by atoms with Crippen molar-refractivity contribution in [2.45, 2.75) is 65.5 Å². The Labute approximate surface area is 151 Å². The highest BCUT2D eigenvalue weighted by molar-refractivity contribution is 5.72. The minimum absolute atomic E-state index is 0.207. The van der Waals surface area contributed by atoms with Crippen LogP contribution in [0, 0.1) is 11.8 Å². The van der Waals surface area contributed by atoms with E-state index in [1.807, 2.05) is 0 Å². The largest absolute Gasteiger partial charge is 0.454 e. The maximum absolute atomic E-state index is 11.6. The predicted octanol–water partition coefficient (Wildman–Crippen LogP) is 0.326. The Morgan fingerprint density at radius 3 is 1.73 bits per heavy atom. The monoisotopic (exact) mass is 370 g/mol. The molecule has 0 aliphatic rings. The van der Waals surface area contributed by atoms with Crippen LogP contribution in [0.25, 0.3) is 0 Å². The molecule has 0 fully saturated rings. The molecule has 26 heavy (non-hydrogen) atoms. The molecule has 0 heterocycles. The zero-order valence-electron chi connectivity index (χ0n) is 15.5. The molecular weight excluding hydrogens is 348 g/mol. The van der Waals surface area contributed by atoms with Crippen LogP contribution in [0.3, 0.4) is 0 Å². The van der Waals surface area contributed by atoms with Crippen LogP contribution < -0.4 is 0 Å². The van der Waals surface area contributed by atoms with E-state index in [1.54, 1.807) is 0 Å². The fourth-order valence-corrected chi connectivity index (χ4v) is 2.23. The van der Waals surface area contributed by atoms with E-state index in [2.05, 4.69) is 11.8 Å². The Hall–Kier alpha value is -2.89. The summed E-state index contributed by atoms with van der Waals surface area (Å²) in [7, 11) is 0. The molecule has 0 N–H and O–H groups in total. The van der Waals surface area contributed by atoms with Crippen molar-refractivity contribution in [2.75, 3.05) is 0 Å². The third-order valence-electron chi connectivity index (χ3n) is 2.93. The number of hydrogen-bond donors (Lipinski definition) is 0. The van der Waals surface area contributed by atoms with Crippen LogP contribution in [0.2, 0.25) is 0 Å². The SMILES string of the molecule is CC#C[C@](C)(OC(C)=O)[C@H](OC(C)=O)[C@H](OC(C)=O)[C@H](C=O)OC(C)=O. The van der Waals surface area contributed by atoms with E-state index in [9.17, 15) is 24.0 Å². The first-order chi connectivity index (χ1) is 12.0. The molecular formula is C17H22O9. The lowest BCUT2D eigenvalue weighted by atomic mass is 9.91. The molecule has 144 valence electrons. The number of carbonyl (C=O) groups is 5. The van der Waals surface area contributed by atoms with Gasteiger partial charge in [0.05, 0.1) is 0 Å². The first-order valence-corrected chi connectivity index (χ1v) is 7.57. The first-order valence-electron chi connectivity index (χ1n) is 7.57. The van der Waals surface area contributed by atoms with Crippen LogP contribution >= 0.6 is 0 Å². The van der Waals surface area contributed by atoms with Gasteiger partial charge in [-0.3, -0.25) is 24.0 Å². The van der Waals surface area contributed by atoms with Crippen LogP contribution in [0.4, 0.5) is 0 Å². The fraction of sp³-hybridized carbons (Fsp3) is 0.588. The zero-order chi connectivity index (χ0) is 20.5. The number of esters is 4. The summed E-state index contributed by atoms with van der Waals surface area (Å²) in [6, 6.07) is 0. The van der Waals surface area contributed by atoms with E-state index in [0.717, 1.165) is 27.7 Å². The number of aldehydes is 1. The molecule has 0 aromatic rings. The maximum atomic E-state index is 11.6. The highest BCUT2D eigenvalue weighted by Crippen LogP contribution is 2.26. The van der Waals surface area contributed by atoms with Crippen LogP contribution in [0.1, 0.15) is 41.5 Å². The van der Waals surface area contributed by atoms with Crippen molar-refractivity contribution in [3.63, 3.8) is 0 Å². The molecule has 0 spiro atoms. The highest BCUT2D eigenvalue weighted by atomic mass is 16.6. The van der Waals surface area contributed by atoms with Crippen molar-refractivity contribution in [3.8, 4) is 11.8 Å². The Balaban J connectivity index is 6.31. The molecule has 0 radical (unpaired) electrons. The molecule has 9 nitrogen and oxygen atoms in total. The van der Waals surface area contributed by atoms with Gasteiger partial charge in [-0.2, -0.15) is 0 Å². The van der Waals surface area contributed by atoms with E-state index < -0.39 is 47.8 Å². The standard InChI is InChI=1S/C17H22O9/c1-7-8-17(6,26-13(5)22)16(25-12(4)21)15(24-11(3)20)14(9-18)23-10(2)19/h9,14-16H,1-6H3/t14-,15+,16+,17-/m0/s1. The van der Waals surface area contributed by atoms with Gasteiger partial charge in [0.1, 0.15) is 0 Å². The summed E-state index contributed by atoms with van der Waals surface area (Å²) in [6.07, 6.45) is -4.55. The van der Waals surface area contributed by atoms with Gasteiger partial charge in [0, 0.05) is 27.7 Å². The van der Waals surface area contributed by atoms with Gasteiger partial charge < -0.3 is 18.9 Å². The van der Waals surface area contributed by atoms with E-state index in [-0.39, 0.29) is 6.29 Å². The molecule has 0 aliphatic heterocycles. The van der Waals surface area contributed by atoms with E-state index in [4.69, 9.17) is 18.9 Å². The molecule has 0 unspecified atom stereocenters. The first kappa shape index (κ1) is 23.1. The van der Waals surface area contributed by atoms with Crippen molar-refractivity contribution in [1.29, 1.82) is 0 Å². The number of hydrogen-bond acceptors (Lipinski definition) is 9. The number of rotatable bonds is 8. The molecule has 0 amide bonds. The molecule has 0 aromatic carbocycles. The van der Waals surface area contributed by atoms with Crippen molar-refractivity contribution in [3.05, 3.63) is 0 Å². The molecule has 0 saturated carbocycles. The fourth-order valence-electron chi connectivity index (χ4n) is 2.23. The minimum atomic E-state index is -1.78. The lowest BCUT2D eigenvalue weighted by Crippen LogP contribution is -2.57. The van der Waals surface area contributed by atoms with Crippen LogP contribution in [0.15, 0.2) is 0 Å². The Bertz CT molecular complexity index is 628. The number of carbonyl (C=O) groups excluding carboxylic acids is 5. The summed E-state index contributed by atoms with van der Waals surface area (Å²) in [4.78, 5) is 57.2. The quantitative estimate of drug-likeness (QED) is 0.257. The second kappa shape index (κ2) is 10.2. The van der Waals surface area contributed by atoms with Crippen molar-refractivity contribution >= 4 is 30.2 Å². The lowest BCUT2D eigenvalue weighted by Gasteiger charge is -2.37. The molecule has 0 aromatic heterocycles. The highest BCUT2D eigenvalue weighted by Gasteiger charge is 2.49. The van der Waals surface area contributed by atoms with Gasteiger partial charge in [-0.25, -0.2) is 0 Å². The Morgan fingerprint density at radius 1 is 0.885 bits per heavy atom. The average Bonchev–Trinajstić information content (AvgIpc) is 2.47. The third kappa shape index (κ3) is 7.34. The average molecular weight is 370 g/mol. The summed E-state index contributed by atoms with van der Waals surface area (Å²) in [6.45, 7) is 7.00. The van der Waals surface area contributed by atoms with Gasteiger partial charge in [0.2, 0.25) is 5.60 Å². The molecule has 0 rings (SSSR count). The van der Waals surface area contributed by atoms with E-state index >= 15 is 0 Å². The maximum Gasteiger partial charge on any atom is 0.304 e. The summed E-state index contributed by atoms with van der Waals surface area (Å²) in [5.74, 6) is 1.82. The van der Waals surface area contributed by atoms with Crippen LogP contribution in [-0.2, 0) is 42.9 Å². The Morgan fingerprint density at radius 2 is 1.38 bits per heavy atom. The predicted molar refractivity (Wildman–Crippen MR) is 86.3 cm³/mol.